The molecule has 2 rings (SSSR count). The van der Waals surface area contributed by atoms with Crippen LogP contribution in [0.4, 0.5) is 9.59 Å². The van der Waals surface area contributed by atoms with E-state index in [2.05, 4.69) is 21.3 Å². The van der Waals surface area contributed by atoms with Crippen molar-refractivity contribution in [2.75, 3.05) is 7.11 Å². The normalized spacial score (nSPS) is 14.4. The van der Waals surface area contributed by atoms with Gasteiger partial charge in [-0.25, -0.2) is 14.4 Å². The molecule has 2 aromatic carbocycles. The van der Waals surface area contributed by atoms with E-state index in [1.54, 1.807) is 55.4 Å². The van der Waals surface area contributed by atoms with Crippen molar-refractivity contribution >= 4 is 24.1 Å². The second-order valence-corrected chi connectivity index (χ2v) is 13.2. The van der Waals surface area contributed by atoms with Crippen molar-refractivity contribution in [3.8, 4) is 0 Å². The van der Waals surface area contributed by atoms with Gasteiger partial charge in [0, 0.05) is 6.54 Å². The highest BCUT2D eigenvalue weighted by Gasteiger charge is 2.39. The second-order valence-electron chi connectivity index (χ2n) is 13.2. The van der Waals surface area contributed by atoms with Gasteiger partial charge in [-0.3, -0.25) is 4.79 Å². The van der Waals surface area contributed by atoms with Crippen LogP contribution in [0, 0.1) is 5.92 Å². The van der Waals surface area contributed by atoms with Gasteiger partial charge in [0.2, 0.25) is 5.91 Å². The molecular formula is C34H50N4O7. The summed E-state index contributed by atoms with van der Waals surface area (Å²) in [4.78, 5) is 53.1. The predicted molar refractivity (Wildman–Crippen MR) is 172 cm³/mol. The van der Waals surface area contributed by atoms with Crippen LogP contribution >= 0.6 is 0 Å². The molecule has 0 unspecified atom stereocenters. The van der Waals surface area contributed by atoms with E-state index in [1.807, 2.05) is 60.7 Å². The first kappa shape index (κ1) is 37.1. The molecule has 11 heteroatoms. The molecule has 0 aliphatic rings. The van der Waals surface area contributed by atoms with Crippen LogP contribution in [0.15, 0.2) is 60.7 Å². The Kier molecular flexibility index (Phi) is 13.8. The van der Waals surface area contributed by atoms with Crippen molar-refractivity contribution in [1.29, 1.82) is 0 Å². The van der Waals surface area contributed by atoms with Gasteiger partial charge in [0.25, 0.3) is 0 Å². The van der Waals surface area contributed by atoms with Crippen LogP contribution in [0.3, 0.4) is 0 Å². The number of carbonyl (C=O) groups excluding carboxylic acids is 4. The van der Waals surface area contributed by atoms with Gasteiger partial charge >= 0.3 is 18.2 Å². The van der Waals surface area contributed by atoms with E-state index in [0.717, 1.165) is 11.1 Å². The van der Waals surface area contributed by atoms with Gasteiger partial charge in [0.05, 0.1) is 19.2 Å². The molecule has 45 heavy (non-hydrogen) atoms. The maximum atomic E-state index is 14.2. The standard InChI is InChI=1S/C34H50N4O7/c1-22(2)26(38-32(42)45-34(6,7)8)28(30(40)43-9)37-29(39)27(35-21-24-18-14-11-15-19-24)25(20-23-16-12-10-13-17-23)36-31(41)44-33(3,4)5/h10-19,22,25-28,35H,20-21H2,1-9H3,(H,36,41)(H,37,39)(H,38,42)/t25-,26-,27+,28+/m0/s1. The van der Waals surface area contributed by atoms with E-state index >= 15 is 0 Å². The van der Waals surface area contributed by atoms with Crippen LogP contribution in [-0.2, 0) is 36.8 Å². The van der Waals surface area contributed by atoms with Crippen molar-refractivity contribution in [3.63, 3.8) is 0 Å². The molecule has 0 fully saturated rings. The Bertz CT molecular complexity index is 1240. The number of benzene rings is 2. The molecule has 0 saturated heterocycles. The van der Waals surface area contributed by atoms with Gasteiger partial charge in [-0.15, -0.1) is 0 Å². The Morgan fingerprint density at radius 1 is 0.689 bits per heavy atom. The Morgan fingerprint density at radius 3 is 1.64 bits per heavy atom. The molecule has 0 heterocycles. The molecular weight excluding hydrogens is 576 g/mol. The van der Waals surface area contributed by atoms with Crippen LogP contribution in [-0.4, -0.2) is 66.5 Å². The van der Waals surface area contributed by atoms with Crippen LogP contribution in [0.1, 0.15) is 66.5 Å². The highest BCUT2D eigenvalue weighted by atomic mass is 16.6. The minimum absolute atomic E-state index is 0.270. The van der Waals surface area contributed by atoms with Crippen LogP contribution in [0.5, 0.6) is 0 Å². The summed E-state index contributed by atoms with van der Waals surface area (Å²) in [6, 6.07) is 14.9. The maximum absolute atomic E-state index is 14.2. The quantitative estimate of drug-likeness (QED) is 0.188. The van der Waals surface area contributed by atoms with E-state index in [9.17, 15) is 19.2 Å². The number of methoxy groups -OCH3 is 1. The first-order chi connectivity index (χ1) is 21.0. The smallest absolute Gasteiger partial charge is 0.407 e. The Labute approximate surface area is 267 Å². The third-order valence-electron chi connectivity index (χ3n) is 6.57. The van der Waals surface area contributed by atoms with E-state index in [0.29, 0.717) is 0 Å². The third kappa shape index (κ3) is 13.6. The summed E-state index contributed by atoms with van der Waals surface area (Å²) in [6.07, 6.45) is -1.16. The molecule has 0 aliphatic carbocycles. The first-order valence-electron chi connectivity index (χ1n) is 15.2. The van der Waals surface area contributed by atoms with Gasteiger partial charge in [-0.05, 0) is 65.0 Å². The van der Waals surface area contributed by atoms with E-state index in [-0.39, 0.29) is 18.9 Å². The lowest BCUT2D eigenvalue weighted by molar-refractivity contribution is -0.146. The monoisotopic (exact) mass is 626 g/mol. The fraction of sp³-hybridized carbons (Fsp3) is 0.529. The zero-order valence-electron chi connectivity index (χ0n) is 27.9. The molecule has 0 aliphatic heterocycles. The van der Waals surface area contributed by atoms with Crippen LogP contribution < -0.4 is 21.3 Å². The number of carbonyl (C=O) groups is 4. The zero-order chi connectivity index (χ0) is 33.8. The summed E-state index contributed by atoms with van der Waals surface area (Å²) in [6.45, 7) is 14.3. The largest absolute Gasteiger partial charge is 0.467 e. The number of esters is 1. The zero-order valence-corrected chi connectivity index (χ0v) is 27.9. The topological polar surface area (TPSA) is 144 Å². The number of hydrogen-bond donors (Lipinski definition) is 4. The van der Waals surface area contributed by atoms with Gasteiger partial charge in [-0.2, -0.15) is 0 Å². The molecule has 11 nitrogen and oxygen atoms in total. The summed E-state index contributed by atoms with van der Waals surface area (Å²) in [5, 5.41) is 11.7. The summed E-state index contributed by atoms with van der Waals surface area (Å²) >= 11 is 0. The van der Waals surface area contributed by atoms with Gasteiger partial charge in [-0.1, -0.05) is 74.5 Å². The second kappa shape index (κ2) is 16.8. The molecule has 3 amide bonds. The molecule has 4 N–H and O–H groups in total. The maximum Gasteiger partial charge on any atom is 0.407 e. The molecule has 2 aromatic rings. The summed E-state index contributed by atoms with van der Waals surface area (Å²) in [5.41, 5.74) is 0.223. The van der Waals surface area contributed by atoms with Crippen LogP contribution in [0.2, 0.25) is 0 Å². The Morgan fingerprint density at radius 2 is 1.18 bits per heavy atom. The molecule has 0 aromatic heterocycles. The van der Waals surface area contributed by atoms with Crippen molar-refractivity contribution in [2.45, 2.75) is 104 Å². The average Bonchev–Trinajstić information content (AvgIpc) is 2.93. The Hall–Kier alpha value is -4.12. The lowest BCUT2D eigenvalue weighted by atomic mass is 9.94. The molecule has 0 spiro atoms. The number of amides is 3. The molecule has 0 bridgehead atoms. The lowest BCUT2D eigenvalue weighted by Crippen LogP contribution is -2.64. The van der Waals surface area contributed by atoms with Gasteiger partial charge < -0.3 is 35.5 Å². The van der Waals surface area contributed by atoms with E-state index in [1.165, 1.54) is 7.11 Å². The summed E-state index contributed by atoms with van der Waals surface area (Å²) < 4.78 is 16.0. The summed E-state index contributed by atoms with van der Waals surface area (Å²) in [5.74, 6) is -1.65. The number of rotatable bonds is 13. The minimum Gasteiger partial charge on any atom is -0.467 e. The average molecular weight is 627 g/mol. The highest BCUT2D eigenvalue weighted by Crippen LogP contribution is 2.15. The van der Waals surface area contributed by atoms with E-state index < -0.39 is 59.4 Å². The predicted octanol–water partition coefficient (Wildman–Crippen LogP) is 4.49. The minimum atomic E-state index is -1.27. The number of nitrogens with one attached hydrogen (secondary N) is 4. The van der Waals surface area contributed by atoms with Gasteiger partial charge in [0.15, 0.2) is 0 Å². The highest BCUT2D eigenvalue weighted by molar-refractivity contribution is 5.89. The molecule has 248 valence electrons. The summed E-state index contributed by atoms with van der Waals surface area (Å²) in [7, 11) is 1.21. The van der Waals surface area contributed by atoms with E-state index in [4.69, 9.17) is 14.2 Å². The lowest BCUT2D eigenvalue weighted by Gasteiger charge is -2.34. The number of hydrogen-bond acceptors (Lipinski definition) is 8. The third-order valence-corrected chi connectivity index (χ3v) is 6.57. The molecule has 0 saturated carbocycles. The van der Waals surface area contributed by atoms with Gasteiger partial charge in [0.1, 0.15) is 23.3 Å². The van der Waals surface area contributed by atoms with Crippen molar-refractivity contribution in [3.05, 3.63) is 71.8 Å². The van der Waals surface area contributed by atoms with Crippen molar-refractivity contribution in [1.82, 2.24) is 21.3 Å². The first-order valence-corrected chi connectivity index (χ1v) is 15.2. The number of alkyl carbamates (subject to hydrolysis) is 2. The fourth-order valence-electron chi connectivity index (χ4n) is 4.56. The van der Waals surface area contributed by atoms with Crippen LogP contribution in [0.25, 0.3) is 0 Å². The number of ether oxygens (including phenoxy) is 3. The van der Waals surface area contributed by atoms with Crippen molar-refractivity contribution in [2.24, 2.45) is 5.92 Å². The fourth-order valence-corrected chi connectivity index (χ4v) is 4.56. The molecule has 0 radical (unpaired) electrons. The van der Waals surface area contributed by atoms with Crippen molar-refractivity contribution < 1.29 is 33.4 Å². The Balaban J connectivity index is 2.50. The molecule has 4 atom stereocenters. The SMILES string of the molecule is COC(=O)[C@H](NC(=O)[C@H](NCc1ccccc1)[C@H](Cc1ccccc1)NC(=O)OC(C)(C)C)[C@@H](NC(=O)OC(C)(C)C)C(C)C.